The van der Waals surface area contributed by atoms with Gasteiger partial charge in [0.2, 0.25) is 0 Å². The molecule has 2 aromatic rings. The Bertz CT molecular complexity index is 1260. The summed E-state index contributed by atoms with van der Waals surface area (Å²) in [5, 5.41) is 14.9. The van der Waals surface area contributed by atoms with Crippen LogP contribution in [-0.2, 0) is 14.3 Å². The molecule has 2 atom stereocenters. The molecular weight excluding hydrogens is 456 g/mol. The molecule has 7 heteroatoms. The first kappa shape index (κ1) is 24.0. The first-order chi connectivity index (χ1) is 17.4. The van der Waals surface area contributed by atoms with Crippen LogP contribution in [0.3, 0.4) is 0 Å². The Morgan fingerprint density at radius 3 is 2.44 bits per heavy atom. The Kier molecular flexibility index (Phi) is 6.72. The lowest BCUT2D eigenvalue weighted by atomic mass is 9.71. The van der Waals surface area contributed by atoms with Crippen LogP contribution < -0.4 is 5.32 Å². The van der Waals surface area contributed by atoms with Gasteiger partial charge in [0.1, 0.15) is 6.10 Å². The van der Waals surface area contributed by atoms with E-state index in [9.17, 15) is 19.7 Å². The van der Waals surface area contributed by atoms with Gasteiger partial charge in [-0.05, 0) is 56.1 Å². The highest BCUT2D eigenvalue weighted by Gasteiger charge is 2.42. The molecule has 0 spiro atoms. The van der Waals surface area contributed by atoms with E-state index in [1.807, 2.05) is 37.3 Å². The minimum absolute atomic E-state index is 0.0271. The SMILES string of the molecule is CC1=C(C(=O)OC2CCCCC2)C(c2cccc([N+](=O)[O-])c2)C2=C(CC(c3ccccc3)CC2=O)N1. The van der Waals surface area contributed by atoms with E-state index in [2.05, 4.69) is 5.32 Å². The van der Waals surface area contributed by atoms with E-state index in [1.54, 1.807) is 12.1 Å². The van der Waals surface area contributed by atoms with Crippen molar-refractivity contribution in [2.45, 2.75) is 69.8 Å². The maximum atomic E-state index is 13.7. The van der Waals surface area contributed by atoms with E-state index < -0.39 is 16.8 Å². The topological polar surface area (TPSA) is 98.5 Å². The normalized spacial score (nSPS) is 22.6. The Balaban J connectivity index is 1.56. The number of carbonyl (C=O) groups excluding carboxylic acids is 2. The van der Waals surface area contributed by atoms with Gasteiger partial charge in [-0.2, -0.15) is 0 Å². The zero-order chi connectivity index (χ0) is 25.2. The highest BCUT2D eigenvalue weighted by Crippen LogP contribution is 2.46. The number of hydrogen-bond donors (Lipinski definition) is 1. The highest BCUT2D eigenvalue weighted by atomic mass is 16.6. The maximum absolute atomic E-state index is 13.7. The summed E-state index contributed by atoms with van der Waals surface area (Å²) in [6.45, 7) is 1.82. The van der Waals surface area contributed by atoms with Crippen molar-refractivity contribution in [2.75, 3.05) is 0 Å². The minimum atomic E-state index is -0.707. The number of rotatable bonds is 5. The second-order valence-corrected chi connectivity index (χ2v) is 9.95. The van der Waals surface area contributed by atoms with Crippen LogP contribution in [0.1, 0.15) is 74.8 Å². The number of ketones is 1. The monoisotopic (exact) mass is 486 g/mol. The predicted molar refractivity (Wildman–Crippen MR) is 135 cm³/mol. The lowest BCUT2D eigenvalue weighted by Crippen LogP contribution is -2.37. The predicted octanol–water partition coefficient (Wildman–Crippen LogP) is 5.83. The fraction of sp³-hybridized carbons (Fsp3) is 0.379. The Labute approximate surface area is 210 Å². The van der Waals surface area contributed by atoms with Crippen molar-refractivity contribution in [3.8, 4) is 0 Å². The van der Waals surface area contributed by atoms with Gasteiger partial charge in [0.05, 0.1) is 10.5 Å². The largest absolute Gasteiger partial charge is 0.459 e. The van der Waals surface area contributed by atoms with Crippen LogP contribution in [0.15, 0.2) is 77.1 Å². The number of esters is 1. The molecule has 186 valence electrons. The minimum Gasteiger partial charge on any atom is -0.459 e. The fourth-order valence-electron chi connectivity index (χ4n) is 5.82. The Hall–Kier alpha value is -3.74. The van der Waals surface area contributed by atoms with Gasteiger partial charge in [0.25, 0.3) is 5.69 Å². The van der Waals surface area contributed by atoms with Crippen molar-refractivity contribution in [3.63, 3.8) is 0 Å². The summed E-state index contributed by atoms with van der Waals surface area (Å²) in [5.41, 5.74) is 3.87. The molecule has 1 saturated carbocycles. The molecule has 2 aromatic carbocycles. The number of nitrogens with zero attached hydrogens (tertiary/aromatic N) is 1. The van der Waals surface area contributed by atoms with E-state index in [4.69, 9.17) is 4.74 Å². The van der Waals surface area contributed by atoms with Gasteiger partial charge >= 0.3 is 5.97 Å². The number of dihydropyridines is 1. The van der Waals surface area contributed by atoms with E-state index in [-0.39, 0.29) is 23.5 Å². The summed E-state index contributed by atoms with van der Waals surface area (Å²) in [6.07, 6.45) is 5.66. The number of nitro groups is 1. The molecule has 5 rings (SSSR count). The summed E-state index contributed by atoms with van der Waals surface area (Å²) in [6, 6.07) is 16.2. The van der Waals surface area contributed by atoms with Crippen molar-refractivity contribution in [1.29, 1.82) is 0 Å². The van der Waals surface area contributed by atoms with Crippen LogP contribution in [-0.4, -0.2) is 22.8 Å². The number of hydrogen-bond acceptors (Lipinski definition) is 6. The molecule has 36 heavy (non-hydrogen) atoms. The molecule has 1 fully saturated rings. The summed E-state index contributed by atoms with van der Waals surface area (Å²) >= 11 is 0. The van der Waals surface area contributed by atoms with Gasteiger partial charge < -0.3 is 10.1 Å². The number of nitrogens with one attached hydrogen (secondary N) is 1. The average molecular weight is 487 g/mol. The van der Waals surface area contributed by atoms with Gasteiger partial charge in [0.15, 0.2) is 5.78 Å². The molecule has 1 heterocycles. The maximum Gasteiger partial charge on any atom is 0.337 e. The quantitative estimate of drug-likeness (QED) is 0.324. The number of Topliss-reactive ketones (excluding diaryl/α,β-unsaturated/α-hetero) is 1. The molecule has 2 aliphatic carbocycles. The van der Waals surface area contributed by atoms with Gasteiger partial charge in [-0.1, -0.05) is 48.9 Å². The standard InChI is InChI=1S/C29H30N2O5/c1-18-26(29(33)36-23-13-6-3-7-14-23)27(20-11-8-12-22(15-20)31(34)35)28-24(30-18)16-21(17-25(28)32)19-9-4-2-5-10-19/h2,4-5,8-12,15,21,23,27,30H,3,6-7,13-14,16-17H2,1H3. The summed E-state index contributed by atoms with van der Waals surface area (Å²) < 4.78 is 5.93. The second-order valence-electron chi connectivity index (χ2n) is 9.95. The van der Waals surface area contributed by atoms with Crippen molar-refractivity contribution in [2.24, 2.45) is 0 Å². The lowest BCUT2D eigenvalue weighted by molar-refractivity contribution is -0.384. The molecule has 7 nitrogen and oxygen atoms in total. The molecule has 0 bridgehead atoms. The smallest absolute Gasteiger partial charge is 0.337 e. The van der Waals surface area contributed by atoms with Crippen molar-refractivity contribution in [1.82, 2.24) is 5.32 Å². The molecular formula is C29H30N2O5. The number of ether oxygens (including phenoxy) is 1. The molecule has 1 N–H and O–H groups in total. The van der Waals surface area contributed by atoms with Crippen LogP contribution in [0.2, 0.25) is 0 Å². The van der Waals surface area contributed by atoms with Crippen molar-refractivity contribution >= 4 is 17.4 Å². The van der Waals surface area contributed by atoms with Gasteiger partial charge in [-0.15, -0.1) is 0 Å². The first-order valence-electron chi connectivity index (χ1n) is 12.7. The highest BCUT2D eigenvalue weighted by molar-refractivity contribution is 6.04. The van der Waals surface area contributed by atoms with E-state index in [0.29, 0.717) is 35.2 Å². The molecule has 0 radical (unpaired) electrons. The summed E-state index contributed by atoms with van der Waals surface area (Å²) in [7, 11) is 0. The molecule has 0 amide bonds. The molecule has 1 aliphatic heterocycles. The van der Waals surface area contributed by atoms with Crippen LogP contribution in [0.5, 0.6) is 0 Å². The van der Waals surface area contributed by atoms with Crippen LogP contribution in [0.25, 0.3) is 0 Å². The van der Waals surface area contributed by atoms with Gasteiger partial charge in [-0.25, -0.2) is 4.79 Å². The number of allylic oxidation sites excluding steroid dienone is 3. The summed E-state index contributed by atoms with van der Waals surface area (Å²) in [4.78, 5) is 38.3. The van der Waals surface area contributed by atoms with Crippen LogP contribution >= 0.6 is 0 Å². The molecule has 3 aliphatic rings. The van der Waals surface area contributed by atoms with E-state index in [1.165, 1.54) is 12.1 Å². The van der Waals surface area contributed by atoms with Crippen LogP contribution in [0.4, 0.5) is 5.69 Å². The van der Waals surface area contributed by atoms with Gasteiger partial charge in [-0.3, -0.25) is 14.9 Å². The summed E-state index contributed by atoms with van der Waals surface area (Å²) in [5.74, 6) is -1.18. The van der Waals surface area contributed by atoms with Crippen molar-refractivity contribution in [3.05, 3.63) is 98.4 Å². The average Bonchev–Trinajstić information content (AvgIpc) is 2.88. The third-order valence-corrected chi connectivity index (χ3v) is 7.56. The van der Waals surface area contributed by atoms with Gasteiger partial charge in [0, 0.05) is 41.4 Å². The third kappa shape index (κ3) is 4.70. The number of non-ortho nitro benzene ring substituents is 1. The van der Waals surface area contributed by atoms with Crippen LogP contribution in [0, 0.1) is 10.1 Å². The molecule has 0 saturated heterocycles. The van der Waals surface area contributed by atoms with E-state index in [0.717, 1.165) is 43.4 Å². The van der Waals surface area contributed by atoms with Crippen molar-refractivity contribution < 1.29 is 19.2 Å². The fourth-order valence-corrected chi connectivity index (χ4v) is 5.82. The molecule has 0 aromatic heterocycles. The van der Waals surface area contributed by atoms with E-state index >= 15 is 0 Å². The number of carbonyl (C=O) groups is 2. The number of nitro benzene ring substituents is 1. The zero-order valence-electron chi connectivity index (χ0n) is 20.4. The lowest BCUT2D eigenvalue weighted by Gasteiger charge is -2.37. The second kappa shape index (κ2) is 10.1. The number of benzene rings is 2. The first-order valence-corrected chi connectivity index (χ1v) is 12.7. The molecule has 2 unspecified atom stereocenters. The Morgan fingerprint density at radius 1 is 1.00 bits per heavy atom. The zero-order valence-corrected chi connectivity index (χ0v) is 20.4. The Morgan fingerprint density at radius 2 is 1.72 bits per heavy atom. The third-order valence-electron chi connectivity index (χ3n) is 7.56.